The van der Waals surface area contributed by atoms with Gasteiger partial charge in [-0.05, 0) is 134 Å². The topological polar surface area (TPSA) is 38.7 Å². The number of nitrogens with zero attached hydrogens (tertiary/aromatic N) is 3. The van der Waals surface area contributed by atoms with Gasteiger partial charge < -0.3 is 0 Å². The molecular weight excluding hydrogens is 831 g/mol. The molecule has 14 aromatic rings. The lowest BCUT2D eigenvalue weighted by Gasteiger charge is -2.17. The molecule has 0 fully saturated rings. The summed E-state index contributed by atoms with van der Waals surface area (Å²) in [4.78, 5) is 16.5. The smallest absolute Gasteiger partial charge is 0.164 e. The van der Waals surface area contributed by atoms with E-state index in [-0.39, 0.29) is 0 Å². The number of fused-ring (bicyclic) bond motifs is 3. The van der Waals surface area contributed by atoms with Crippen molar-refractivity contribution in [2.24, 2.45) is 0 Å². The standard InChI is InChI=1S/C63H37N3S/c1-2-11-43(12-3-1)61-64-62(66-63(65-61)49-20-7-18-45(34-49)56-37-46-13-4-5-24-55(46)67-56)48-19-6-17-44(33-48)38-25-27-39(28-26-38)50-35-47-32-31-42-15-9-22-52-51-21-8-14-40-29-30-41-16-10-23-53(59(41)57(40)51)54(36-50)60(47)58(42)52/h1-37H. The van der Waals surface area contributed by atoms with Crippen molar-refractivity contribution in [3.8, 4) is 66.9 Å². The molecule has 0 aliphatic carbocycles. The fourth-order valence-electron chi connectivity index (χ4n) is 10.4. The lowest BCUT2D eigenvalue weighted by Crippen LogP contribution is -2.00. The molecule has 3 nitrogen and oxygen atoms in total. The summed E-state index contributed by atoms with van der Waals surface area (Å²) < 4.78 is 1.27. The van der Waals surface area contributed by atoms with Crippen molar-refractivity contribution in [2.75, 3.05) is 0 Å². The van der Waals surface area contributed by atoms with Crippen LogP contribution < -0.4 is 0 Å². The summed E-state index contributed by atoms with van der Waals surface area (Å²) in [5, 5.41) is 16.7. The zero-order valence-corrected chi connectivity index (χ0v) is 36.9. The molecule has 0 aliphatic rings. The third-order valence-electron chi connectivity index (χ3n) is 13.6. The predicted molar refractivity (Wildman–Crippen MR) is 284 cm³/mol. The molecule has 0 atom stereocenters. The van der Waals surface area contributed by atoms with E-state index in [9.17, 15) is 0 Å². The Bertz CT molecular complexity index is 4230. The van der Waals surface area contributed by atoms with E-state index in [1.54, 1.807) is 11.3 Å². The normalized spacial score (nSPS) is 11.9. The molecule has 0 saturated heterocycles. The maximum Gasteiger partial charge on any atom is 0.164 e. The van der Waals surface area contributed by atoms with E-state index in [1.807, 2.05) is 18.2 Å². The largest absolute Gasteiger partial charge is 0.208 e. The second-order valence-electron chi connectivity index (χ2n) is 17.5. The molecule has 12 aromatic carbocycles. The number of thiophene rings is 1. The molecule has 0 saturated carbocycles. The highest BCUT2D eigenvalue weighted by atomic mass is 32.1. The minimum Gasteiger partial charge on any atom is -0.208 e. The van der Waals surface area contributed by atoms with Crippen molar-refractivity contribution in [3.05, 3.63) is 224 Å². The Kier molecular flexibility index (Phi) is 8.45. The van der Waals surface area contributed by atoms with Gasteiger partial charge in [-0.15, -0.1) is 11.3 Å². The number of rotatable bonds is 6. The van der Waals surface area contributed by atoms with Crippen LogP contribution in [0.4, 0.5) is 0 Å². The van der Waals surface area contributed by atoms with Gasteiger partial charge in [0, 0.05) is 26.3 Å². The van der Waals surface area contributed by atoms with Crippen molar-refractivity contribution in [3.63, 3.8) is 0 Å². The lowest BCUT2D eigenvalue weighted by atomic mass is 9.86. The van der Waals surface area contributed by atoms with E-state index in [0.717, 1.165) is 33.4 Å². The molecule has 310 valence electrons. The molecule has 67 heavy (non-hydrogen) atoms. The van der Waals surface area contributed by atoms with Gasteiger partial charge in [0.2, 0.25) is 0 Å². The SMILES string of the molecule is c1ccc(-c2nc(-c3cccc(-c4ccc(-c5cc6ccc7cccc8c9cccc%10ccc%11cccc(c(c5)c6c78)c%11c%109)cc4)c3)nc(-c3cccc(-c4cc5ccccc5s4)c3)n2)cc1. The summed E-state index contributed by atoms with van der Waals surface area (Å²) in [5.74, 6) is 1.92. The van der Waals surface area contributed by atoms with Crippen molar-refractivity contribution in [2.45, 2.75) is 0 Å². The van der Waals surface area contributed by atoms with Crippen LogP contribution in [0.5, 0.6) is 0 Å². The van der Waals surface area contributed by atoms with Crippen LogP contribution in [0.1, 0.15) is 0 Å². The van der Waals surface area contributed by atoms with Gasteiger partial charge in [-0.2, -0.15) is 0 Å². The van der Waals surface area contributed by atoms with Gasteiger partial charge >= 0.3 is 0 Å². The first-order valence-corrected chi connectivity index (χ1v) is 23.6. The van der Waals surface area contributed by atoms with Gasteiger partial charge in [0.05, 0.1) is 0 Å². The minimum absolute atomic E-state index is 0.635. The van der Waals surface area contributed by atoms with Crippen molar-refractivity contribution >= 4 is 86.1 Å². The van der Waals surface area contributed by atoms with Crippen LogP contribution in [-0.4, -0.2) is 15.0 Å². The third kappa shape index (κ3) is 6.22. The summed E-state index contributed by atoms with van der Waals surface area (Å²) in [5.41, 5.74) is 8.55. The van der Waals surface area contributed by atoms with Crippen LogP contribution in [0.3, 0.4) is 0 Å². The number of benzene rings is 11. The molecule has 4 heteroatoms. The molecule has 2 heterocycles. The Labute approximate surface area is 390 Å². The first-order chi connectivity index (χ1) is 33.2. The fourth-order valence-corrected chi connectivity index (χ4v) is 11.5. The summed E-state index contributed by atoms with van der Waals surface area (Å²) in [7, 11) is 0. The summed E-state index contributed by atoms with van der Waals surface area (Å²) in [6, 6.07) is 81.4. The number of hydrogen-bond acceptors (Lipinski definition) is 4. The van der Waals surface area contributed by atoms with Crippen LogP contribution in [0.25, 0.3) is 142 Å². The molecule has 0 bridgehead atoms. The molecule has 0 amide bonds. The number of hydrogen-bond donors (Lipinski definition) is 0. The Hall–Kier alpha value is -8.57. The third-order valence-corrected chi connectivity index (χ3v) is 14.8. The average molecular weight is 868 g/mol. The van der Waals surface area contributed by atoms with Crippen molar-refractivity contribution < 1.29 is 0 Å². The Morgan fingerprint density at radius 2 is 0.687 bits per heavy atom. The first kappa shape index (κ1) is 37.8. The van der Waals surface area contributed by atoms with Crippen LogP contribution in [-0.2, 0) is 0 Å². The summed E-state index contributed by atoms with van der Waals surface area (Å²) in [6.45, 7) is 0. The van der Waals surface area contributed by atoms with E-state index in [1.165, 1.54) is 90.7 Å². The second-order valence-corrected chi connectivity index (χ2v) is 18.6. The van der Waals surface area contributed by atoms with Crippen LogP contribution in [0.15, 0.2) is 224 Å². The molecule has 0 N–H and O–H groups in total. The van der Waals surface area contributed by atoms with Gasteiger partial charge in [0.15, 0.2) is 17.5 Å². The van der Waals surface area contributed by atoms with Gasteiger partial charge in [-0.3, -0.25) is 0 Å². The van der Waals surface area contributed by atoms with Gasteiger partial charge in [0.25, 0.3) is 0 Å². The molecule has 2 aromatic heterocycles. The summed E-state index contributed by atoms with van der Waals surface area (Å²) >= 11 is 1.80. The maximum atomic E-state index is 5.16. The van der Waals surface area contributed by atoms with Crippen LogP contribution in [0.2, 0.25) is 0 Å². The monoisotopic (exact) mass is 867 g/mol. The molecule has 14 rings (SSSR count). The van der Waals surface area contributed by atoms with Gasteiger partial charge in [0.1, 0.15) is 0 Å². The predicted octanol–water partition coefficient (Wildman–Crippen LogP) is 17.4. The molecule has 0 spiro atoms. The highest BCUT2D eigenvalue weighted by Crippen LogP contribution is 2.45. The van der Waals surface area contributed by atoms with E-state index < -0.39 is 0 Å². The van der Waals surface area contributed by atoms with E-state index in [0.29, 0.717) is 17.5 Å². The van der Waals surface area contributed by atoms with Crippen LogP contribution in [0, 0.1) is 0 Å². The average Bonchev–Trinajstić information content (AvgIpc) is 3.85. The fraction of sp³-hybridized carbons (Fsp3) is 0. The van der Waals surface area contributed by atoms with Crippen molar-refractivity contribution in [1.29, 1.82) is 0 Å². The maximum absolute atomic E-state index is 5.16. The minimum atomic E-state index is 0.635. The van der Waals surface area contributed by atoms with E-state index in [2.05, 4.69) is 206 Å². The Morgan fingerprint density at radius 3 is 1.31 bits per heavy atom. The van der Waals surface area contributed by atoms with E-state index >= 15 is 0 Å². The highest BCUT2D eigenvalue weighted by Gasteiger charge is 2.18. The Morgan fingerprint density at radius 1 is 0.239 bits per heavy atom. The quantitative estimate of drug-likeness (QED) is 0.156. The first-order valence-electron chi connectivity index (χ1n) is 22.7. The zero-order chi connectivity index (χ0) is 44.0. The van der Waals surface area contributed by atoms with Gasteiger partial charge in [-0.25, -0.2) is 15.0 Å². The van der Waals surface area contributed by atoms with Gasteiger partial charge in [-0.1, -0.05) is 188 Å². The van der Waals surface area contributed by atoms with Crippen molar-refractivity contribution in [1.82, 2.24) is 15.0 Å². The second kappa shape index (κ2) is 15.0. The van der Waals surface area contributed by atoms with E-state index in [4.69, 9.17) is 15.0 Å². The zero-order valence-electron chi connectivity index (χ0n) is 36.1. The summed E-state index contributed by atoms with van der Waals surface area (Å²) in [6.07, 6.45) is 0. The lowest BCUT2D eigenvalue weighted by molar-refractivity contribution is 1.07. The molecular formula is C63H37N3S. The Balaban J connectivity index is 0.874. The molecule has 0 unspecified atom stereocenters. The number of aromatic nitrogens is 3. The molecule has 0 aliphatic heterocycles. The molecule has 0 radical (unpaired) electrons. The van der Waals surface area contributed by atoms with Crippen LogP contribution >= 0.6 is 11.3 Å². The highest BCUT2D eigenvalue weighted by molar-refractivity contribution is 7.22.